The monoisotopic (exact) mass is 847 g/mol. The molecule has 0 radical (unpaired) electrons. The highest BCUT2D eigenvalue weighted by molar-refractivity contribution is 7.86. The minimum Gasteiger partial charge on any atom is -0.508 e. The second-order valence-corrected chi connectivity index (χ2v) is 16.4. The first-order chi connectivity index (χ1) is 27.2. The van der Waals surface area contributed by atoms with Gasteiger partial charge in [-0.15, -0.1) is 15.3 Å². The molecule has 6 rings (SSSR count). The molecule has 0 atom stereocenters. The Morgan fingerprint density at radius 3 is 1.66 bits per heavy atom. The number of phenolic OH excluding ortho intramolecular Hbond substituents is 2. The van der Waals surface area contributed by atoms with Gasteiger partial charge in [0.1, 0.15) is 37.5 Å². The maximum Gasteiger partial charge on any atom is 0.296 e. The number of nitrogens with zero attached hydrogens (tertiary/aromatic N) is 6. The van der Waals surface area contributed by atoms with Crippen molar-refractivity contribution in [3.63, 3.8) is 0 Å². The van der Waals surface area contributed by atoms with Gasteiger partial charge in [0.2, 0.25) is 0 Å². The molecular formula is C35H29N9O11S3. The lowest BCUT2D eigenvalue weighted by atomic mass is 10.1. The van der Waals surface area contributed by atoms with Crippen LogP contribution in [0, 0.1) is 6.92 Å². The molecule has 10 N–H and O–H groups in total. The topological polar surface area (TPSA) is 342 Å². The maximum absolute atomic E-state index is 12.5. The molecule has 0 saturated heterocycles. The van der Waals surface area contributed by atoms with Gasteiger partial charge in [-0.25, -0.2) is 0 Å². The van der Waals surface area contributed by atoms with Crippen LogP contribution in [0.4, 0.5) is 56.9 Å². The summed E-state index contributed by atoms with van der Waals surface area (Å²) in [5.41, 5.74) is 11.8. The number of aryl methyl sites for hydroxylation is 1. The Kier molecular flexibility index (Phi) is 10.9. The zero-order chi connectivity index (χ0) is 42.2. The third kappa shape index (κ3) is 9.04. The van der Waals surface area contributed by atoms with Crippen LogP contribution in [0.15, 0.2) is 142 Å². The highest BCUT2D eigenvalue weighted by Crippen LogP contribution is 2.48. The first kappa shape index (κ1) is 40.8. The summed E-state index contributed by atoms with van der Waals surface area (Å²) in [4.78, 5) is -2.68. The highest BCUT2D eigenvalue weighted by Gasteiger charge is 2.28. The summed E-state index contributed by atoms with van der Waals surface area (Å²) in [6.07, 6.45) is 0. The Balaban J connectivity index is 1.37. The molecule has 6 aromatic carbocycles. The molecule has 0 amide bonds. The van der Waals surface area contributed by atoms with Crippen LogP contribution in [0.2, 0.25) is 0 Å². The fourth-order valence-corrected chi connectivity index (χ4v) is 7.33. The van der Waals surface area contributed by atoms with E-state index in [0.717, 1.165) is 17.7 Å². The van der Waals surface area contributed by atoms with E-state index in [1.807, 2.05) is 6.92 Å². The maximum atomic E-state index is 12.5. The second kappa shape index (κ2) is 15.6. The molecule has 0 aliphatic carbocycles. The van der Waals surface area contributed by atoms with Crippen molar-refractivity contribution in [1.82, 2.24) is 0 Å². The van der Waals surface area contributed by atoms with Crippen LogP contribution in [-0.4, -0.2) is 49.1 Å². The van der Waals surface area contributed by atoms with Crippen LogP contribution in [0.25, 0.3) is 10.8 Å². The molecule has 0 aliphatic heterocycles. The van der Waals surface area contributed by atoms with E-state index < -0.39 is 78.6 Å². The Morgan fingerprint density at radius 2 is 1.07 bits per heavy atom. The van der Waals surface area contributed by atoms with Gasteiger partial charge in [-0.3, -0.25) is 13.7 Å². The molecular weight excluding hydrogens is 819 g/mol. The van der Waals surface area contributed by atoms with Gasteiger partial charge in [0, 0.05) is 11.8 Å². The zero-order valence-electron chi connectivity index (χ0n) is 29.5. The smallest absolute Gasteiger partial charge is 0.296 e. The summed E-state index contributed by atoms with van der Waals surface area (Å²) >= 11 is 0. The van der Waals surface area contributed by atoms with Crippen LogP contribution in [0.1, 0.15) is 5.56 Å². The van der Waals surface area contributed by atoms with Gasteiger partial charge in [-0.05, 0) is 91.2 Å². The van der Waals surface area contributed by atoms with E-state index in [1.165, 1.54) is 66.7 Å². The molecule has 0 saturated carbocycles. The van der Waals surface area contributed by atoms with Crippen molar-refractivity contribution in [2.75, 3.05) is 16.8 Å². The van der Waals surface area contributed by atoms with Crippen LogP contribution in [0.5, 0.6) is 11.5 Å². The molecule has 58 heavy (non-hydrogen) atoms. The molecule has 0 fully saturated rings. The molecule has 0 unspecified atom stereocenters. The molecule has 0 heterocycles. The molecule has 0 bridgehead atoms. The summed E-state index contributed by atoms with van der Waals surface area (Å²) in [7, 11) is -15.3. The van der Waals surface area contributed by atoms with Crippen LogP contribution in [-0.2, 0) is 30.4 Å². The van der Waals surface area contributed by atoms with Crippen molar-refractivity contribution >= 4 is 98.0 Å². The fourth-order valence-electron chi connectivity index (χ4n) is 5.33. The summed E-state index contributed by atoms with van der Waals surface area (Å²) in [6, 6.07) is 21.5. The van der Waals surface area contributed by atoms with Gasteiger partial charge in [0.25, 0.3) is 30.4 Å². The minimum atomic E-state index is -5.21. The van der Waals surface area contributed by atoms with Gasteiger partial charge in [-0.1, -0.05) is 17.7 Å². The molecule has 20 nitrogen and oxygen atoms in total. The number of nitrogens with one attached hydrogen (secondary N) is 1. The number of nitrogens with two attached hydrogens (primary N) is 2. The number of anilines is 4. The van der Waals surface area contributed by atoms with E-state index in [2.05, 4.69) is 36.0 Å². The average molecular weight is 848 g/mol. The van der Waals surface area contributed by atoms with E-state index in [9.17, 15) is 49.1 Å². The molecule has 298 valence electrons. The lowest BCUT2D eigenvalue weighted by Gasteiger charge is -2.14. The fraction of sp³-hybridized carbons (Fsp3) is 0.0286. The quantitative estimate of drug-likeness (QED) is 0.0344. The van der Waals surface area contributed by atoms with Crippen LogP contribution >= 0.6 is 0 Å². The van der Waals surface area contributed by atoms with Gasteiger partial charge >= 0.3 is 0 Å². The summed E-state index contributed by atoms with van der Waals surface area (Å²) < 4.78 is 105. The van der Waals surface area contributed by atoms with E-state index in [4.69, 9.17) is 11.5 Å². The molecule has 23 heteroatoms. The van der Waals surface area contributed by atoms with Crippen molar-refractivity contribution in [1.29, 1.82) is 0 Å². The summed E-state index contributed by atoms with van der Waals surface area (Å²) in [6.45, 7) is 1.81. The zero-order valence-corrected chi connectivity index (χ0v) is 31.9. The second-order valence-electron chi connectivity index (χ2n) is 12.3. The van der Waals surface area contributed by atoms with Gasteiger partial charge in [0.15, 0.2) is 5.75 Å². The van der Waals surface area contributed by atoms with Crippen LogP contribution in [0.3, 0.4) is 0 Å². The lowest BCUT2D eigenvalue weighted by Crippen LogP contribution is -2.04. The number of hydrogen-bond donors (Lipinski definition) is 8. The molecule has 0 aliphatic rings. The third-order valence-corrected chi connectivity index (χ3v) is 10.7. The average Bonchev–Trinajstić information content (AvgIpc) is 3.14. The Labute approximate surface area is 329 Å². The largest absolute Gasteiger partial charge is 0.508 e. The number of phenols is 2. The van der Waals surface area contributed by atoms with Gasteiger partial charge in [0.05, 0.1) is 39.5 Å². The first-order valence-corrected chi connectivity index (χ1v) is 20.5. The standard InChI is InChI=1S/C35H29N9O11S3/c1-18-2-4-21(5-3-18)40-44-34-30(58(53,54)55)15-19-14-29(57(50,51)52)33(32(37)31(19)35(34)46)43-41-23-10-12-27(28(16-23)56(47,48)49)38-20-6-8-22(9-7-20)39-42-26-13-11-24(45)17-25(26)36/h2-17,38,45-46H,36-37H2,1H3,(H,47,48,49)(H,50,51,52)(H,53,54,55). The van der Waals surface area contributed by atoms with Crippen molar-refractivity contribution in [3.8, 4) is 11.5 Å². The first-order valence-electron chi connectivity index (χ1n) is 16.1. The van der Waals surface area contributed by atoms with E-state index in [1.54, 1.807) is 12.1 Å². The lowest BCUT2D eigenvalue weighted by molar-refractivity contribution is 0.472. The van der Waals surface area contributed by atoms with E-state index in [-0.39, 0.29) is 28.5 Å². The normalized spacial score (nSPS) is 12.6. The SMILES string of the molecule is Cc1ccc(N=Nc2c(S(=O)(=O)O)cc3cc(S(=O)(=O)O)c(N=Nc4ccc(Nc5ccc(N=Nc6ccc(O)cc6N)cc5)c(S(=O)(=O)O)c4)c(N)c3c2O)cc1. The van der Waals surface area contributed by atoms with E-state index in [0.29, 0.717) is 23.1 Å². The predicted molar refractivity (Wildman–Crippen MR) is 212 cm³/mol. The van der Waals surface area contributed by atoms with Gasteiger partial charge < -0.3 is 27.0 Å². The minimum absolute atomic E-state index is 0.0384. The van der Waals surface area contributed by atoms with Crippen molar-refractivity contribution in [2.24, 2.45) is 30.7 Å². The Morgan fingerprint density at radius 1 is 0.552 bits per heavy atom. The van der Waals surface area contributed by atoms with Crippen molar-refractivity contribution in [2.45, 2.75) is 21.6 Å². The van der Waals surface area contributed by atoms with Crippen molar-refractivity contribution in [3.05, 3.63) is 103 Å². The number of nitrogen functional groups attached to an aromatic ring is 2. The number of rotatable bonds is 11. The number of hydrogen-bond acceptors (Lipinski definition) is 17. The summed E-state index contributed by atoms with van der Waals surface area (Å²) in [5.74, 6) is -1.01. The number of benzene rings is 6. The molecule has 0 aromatic heterocycles. The van der Waals surface area contributed by atoms with Crippen LogP contribution < -0.4 is 16.8 Å². The Hall–Kier alpha value is -6.89. The molecule has 6 aromatic rings. The van der Waals surface area contributed by atoms with Crippen molar-refractivity contribution < 1.29 is 49.1 Å². The third-order valence-electron chi connectivity index (χ3n) is 8.11. The highest BCUT2D eigenvalue weighted by atomic mass is 32.2. The number of aromatic hydroxyl groups is 2. The van der Waals surface area contributed by atoms with E-state index >= 15 is 0 Å². The predicted octanol–water partition coefficient (Wildman–Crippen LogP) is 8.45. The number of fused-ring (bicyclic) bond motifs is 1. The number of azo groups is 3. The Bertz CT molecular complexity index is 3050. The van der Waals surface area contributed by atoms with Gasteiger partial charge in [-0.2, -0.15) is 40.6 Å². The summed E-state index contributed by atoms with van der Waals surface area (Å²) in [5, 5.41) is 46.3. The molecule has 0 spiro atoms.